The zero-order valence-corrected chi connectivity index (χ0v) is 18.4. The van der Waals surface area contributed by atoms with E-state index < -0.39 is 12.1 Å². The number of alkyl halides is 3. The molecule has 1 aliphatic heterocycles. The van der Waals surface area contributed by atoms with Gasteiger partial charge in [0.1, 0.15) is 4.88 Å². The third-order valence-corrected chi connectivity index (χ3v) is 6.67. The second-order valence-electron chi connectivity index (χ2n) is 6.61. The lowest BCUT2D eigenvalue weighted by Gasteiger charge is -2.21. The molecular weight excluding hydrogens is 463 g/mol. The molecule has 3 N–H and O–H groups in total. The first-order valence-electron chi connectivity index (χ1n) is 9.05. The number of carbonyl (C=O) groups excluding carboxylic acids is 1. The molecule has 0 spiro atoms. The second-order valence-corrected chi connectivity index (χ2v) is 9.49. The molecule has 12 heteroatoms. The molecule has 1 amide bonds. The summed E-state index contributed by atoms with van der Waals surface area (Å²) in [5, 5.41) is 14.5. The molecule has 3 rings (SSSR count). The highest BCUT2D eigenvalue weighted by Gasteiger charge is 2.38. The lowest BCUT2D eigenvalue weighted by Crippen LogP contribution is -2.28. The van der Waals surface area contributed by atoms with Crippen molar-refractivity contribution in [2.45, 2.75) is 38.9 Å². The fraction of sp³-hybridized carbons (Fsp3) is 0.500. The molecule has 2 aromatic heterocycles. The molecule has 1 aliphatic rings. The molecule has 0 radical (unpaired) electrons. The summed E-state index contributed by atoms with van der Waals surface area (Å²) < 4.78 is 32.5. The molecule has 3 heterocycles. The van der Waals surface area contributed by atoms with Crippen LogP contribution in [0.1, 0.15) is 38.1 Å². The van der Waals surface area contributed by atoms with Gasteiger partial charge >= 0.3 is 12.1 Å². The number of thiazole rings is 1. The van der Waals surface area contributed by atoms with Crippen molar-refractivity contribution < 1.29 is 27.9 Å². The highest BCUT2D eigenvalue weighted by molar-refractivity contribution is 7.16. The number of aliphatic carboxylic acids is 1. The number of aromatic nitrogens is 1. The number of hydrogen-bond acceptors (Lipinski definition) is 6. The zero-order valence-electron chi connectivity index (χ0n) is 16.0. The Kier molecular flexibility index (Phi) is 9.08. The number of nitrogens with zero attached hydrogens (tertiary/aromatic N) is 1. The minimum Gasteiger partial charge on any atom is -0.475 e. The molecule has 0 bridgehead atoms. The fourth-order valence-electron chi connectivity index (χ4n) is 2.78. The summed E-state index contributed by atoms with van der Waals surface area (Å²) in [4.78, 5) is 27.7. The van der Waals surface area contributed by atoms with E-state index in [0.717, 1.165) is 44.3 Å². The van der Waals surface area contributed by atoms with Crippen LogP contribution in [0.2, 0.25) is 4.34 Å². The second kappa shape index (κ2) is 11.1. The predicted octanol–water partition coefficient (Wildman–Crippen LogP) is 4.27. The van der Waals surface area contributed by atoms with E-state index in [0.29, 0.717) is 12.5 Å². The van der Waals surface area contributed by atoms with Gasteiger partial charge in [-0.05, 0) is 50.9 Å². The van der Waals surface area contributed by atoms with E-state index in [-0.39, 0.29) is 5.91 Å². The Bertz CT molecular complexity index is 864. The van der Waals surface area contributed by atoms with E-state index in [4.69, 9.17) is 21.5 Å². The molecule has 0 unspecified atom stereocenters. The maximum absolute atomic E-state index is 12.4. The molecule has 2 aromatic rings. The van der Waals surface area contributed by atoms with Crippen LogP contribution in [-0.4, -0.2) is 41.2 Å². The van der Waals surface area contributed by atoms with Crippen LogP contribution in [0.4, 0.5) is 13.2 Å². The van der Waals surface area contributed by atoms with Crippen molar-refractivity contribution in [2.24, 2.45) is 5.92 Å². The summed E-state index contributed by atoms with van der Waals surface area (Å²) in [5.74, 6) is -2.11. The number of carboxylic acid groups (broad SMARTS) is 1. The molecule has 30 heavy (non-hydrogen) atoms. The van der Waals surface area contributed by atoms with Gasteiger partial charge in [0.15, 0.2) is 0 Å². The van der Waals surface area contributed by atoms with Gasteiger partial charge in [0.25, 0.3) is 5.91 Å². The van der Waals surface area contributed by atoms with Crippen LogP contribution < -0.4 is 10.6 Å². The van der Waals surface area contributed by atoms with Crippen molar-refractivity contribution >= 4 is 46.2 Å². The Hall–Kier alpha value is -1.69. The smallest absolute Gasteiger partial charge is 0.475 e. The molecule has 0 saturated carbocycles. The maximum atomic E-state index is 12.4. The Balaban J connectivity index is 0.000000396. The molecule has 0 aliphatic carbocycles. The van der Waals surface area contributed by atoms with Crippen LogP contribution in [-0.2, 0) is 17.8 Å². The third-order valence-electron chi connectivity index (χ3n) is 4.26. The van der Waals surface area contributed by atoms with E-state index in [1.54, 1.807) is 0 Å². The van der Waals surface area contributed by atoms with Crippen LogP contribution in [0.25, 0.3) is 0 Å². The highest BCUT2D eigenvalue weighted by atomic mass is 35.5. The van der Waals surface area contributed by atoms with Crippen LogP contribution >= 0.6 is 34.3 Å². The van der Waals surface area contributed by atoms with Gasteiger partial charge in [0.05, 0.1) is 21.6 Å². The number of amides is 1. The number of aryl methyl sites for hydroxylation is 1. The van der Waals surface area contributed by atoms with E-state index in [1.807, 2.05) is 19.1 Å². The summed E-state index contributed by atoms with van der Waals surface area (Å²) in [5.41, 5.74) is 0.834. The monoisotopic (exact) mass is 483 g/mol. The zero-order chi connectivity index (χ0) is 22.3. The number of hydrogen-bond donors (Lipinski definition) is 3. The van der Waals surface area contributed by atoms with Crippen LogP contribution in [0.15, 0.2) is 12.1 Å². The molecule has 1 fully saturated rings. The molecule has 0 atom stereocenters. The summed E-state index contributed by atoms with van der Waals surface area (Å²) >= 11 is 8.93. The van der Waals surface area contributed by atoms with Gasteiger partial charge in [-0.15, -0.1) is 22.7 Å². The average molecular weight is 484 g/mol. The Morgan fingerprint density at radius 2 is 1.93 bits per heavy atom. The topological polar surface area (TPSA) is 91.3 Å². The Morgan fingerprint density at radius 1 is 1.30 bits per heavy atom. The van der Waals surface area contributed by atoms with Gasteiger partial charge in [-0.1, -0.05) is 11.6 Å². The van der Waals surface area contributed by atoms with Gasteiger partial charge in [0.2, 0.25) is 0 Å². The molecule has 0 aromatic carbocycles. The molecule has 6 nitrogen and oxygen atoms in total. The fourth-order valence-corrected chi connectivity index (χ4v) is 4.90. The van der Waals surface area contributed by atoms with Crippen molar-refractivity contribution in [2.75, 3.05) is 13.1 Å². The summed E-state index contributed by atoms with van der Waals surface area (Å²) in [6, 6.07) is 3.79. The lowest BCUT2D eigenvalue weighted by molar-refractivity contribution is -0.192. The van der Waals surface area contributed by atoms with Crippen molar-refractivity contribution in [1.82, 2.24) is 15.6 Å². The number of piperidine rings is 1. The van der Waals surface area contributed by atoms with Gasteiger partial charge in [-0.2, -0.15) is 13.2 Å². The summed E-state index contributed by atoms with van der Waals surface area (Å²) in [6.45, 7) is 4.61. The van der Waals surface area contributed by atoms with E-state index >= 15 is 0 Å². The minimum atomic E-state index is -5.08. The number of carbonyl (C=O) groups is 2. The molecule has 1 saturated heterocycles. The lowest BCUT2D eigenvalue weighted by atomic mass is 9.95. The van der Waals surface area contributed by atoms with Crippen LogP contribution in [0, 0.1) is 12.8 Å². The van der Waals surface area contributed by atoms with Crippen LogP contribution in [0.3, 0.4) is 0 Å². The van der Waals surface area contributed by atoms with Gasteiger partial charge in [-0.3, -0.25) is 4.79 Å². The molecular formula is C18H21ClF3N3O3S2. The number of rotatable bonds is 5. The predicted molar refractivity (Wildman–Crippen MR) is 110 cm³/mol. The van der Waals surface area contributed by atoms with Crippen molar-refractivity contribution in [3.63, 3.8) is 0 Å². The van der Waals surface area contributed by atoms with Crippen molar-refractivity contribution in [1.29, 1.82) is 0 Å². The molecule has 166 valence electrons. The first kappa shape index (κ1) is 24.6. The number of nitrogens with one attached hydrogen (secondary N) is 2. The quantitative estimate of drug-likeness (QED) is 0.590. The Labute approximate surface area is 184 Å². The van der Waals surface area contributed by atoms with Gasteiger partial charge in [0, 0.05) is 11.3 Å². The maximum Gasteiger partial charge on any atom is 0.490 e. The minimum absolute atomic E-state index is 0.0407. The van der Waals surface area contributed by atoms with E-state index in [9.17, 15) is 18.0 Å². The largest absolute Gasteiger partial charge is 0.490 e. The summed E-state index contributed by atoms with van der Waals surface area (Å²) in [6.07, 6.45) is -1.71. The standard InChI is InChI=1S/C16H20ClN3OS2.C2HF3O2/c1-10-15(16(21)19-9-12-2-3-13(17)22-12)23-14(20-10)8-11-4-6-18-7-5-11;3-2(4,5)1(6)7/h2-3,11,18H,4-9H2,1H3,(H,19,21);(H,6,7). The van der Waals surface area contributed by atoms with Crippen molar-refractivity contribution in [3.8, 4) is 0 Å². The SMILES string of the molecule is Cc1nc(CC2CCNCC2)sc1C(=O)NCc1ccc(Cl)s1.O=C(O)C(F)(F)F. The van der Waals surface area contributed by atoms with Crippen LogP contribution in [0.5, 0.6) is 0 Å². The Morgan fingerprint density at radius 3 is 2.47 bits per heavy atom. The van der Waals surface area contributed by atoms with Gasteiger partial charge in [-0.25, -0.2) is 9.78 Å². The normalized spacial score (nSPS) is 14.7. The summed E-state index contributed by atoms with van der Waals surface area (Å²) in [7, 11) is 0. The van der Waals surface area contributed by atoms with E-state index in [1.165, 1.54) is 35.5 Å². The number of thiophene rings is 1. The first-order valence-corrected chi connectivity index (χ1v) is 11.1. The van der Waals surface area contributed by atoms with E-state index in [2.05, 4.69) is 15.6 Å². The first-order chi connectivity index (χ1) is 14.1. The highest BCUT2D eigenvalue weighted by Crippen LogP contribution is 2.25. The van der Waals surface area contributed by atoms with Gasteiger partial charge < -0.3 is 15.7 Å². The number of halogens is 4. The van der Waals surface area contributed by atoms with Crippen molar-refractivity contribution in [3.05, 3.63) is 36.9 Å². The average Bonchev–Trinajstić information content (AvgIpc) is 3.25. The number of carboxylic acids is 1. The third kappa shape index (κ3) is 7.86.